The topological polar surface area (TPSA) is 34.9 Å². The number of hydrogen-bond acceptors (Lipinski definition) is 2. The Labute approximate surface area is 84.4 Å². The summed E-state index contributed by atoms with van der Waals surface area (Å²) >= 11 is 0. The van der Waals surface area contributed by atoms with Crippen molar-refractivity contribution >= 4 is 5.78 Å². The third-order valence-corrected chi connectivity index (χ3v) is 2.18. The van der Waals surface area contributed by atoms with Crippen molar-refractivity contribution in [3.63, 3.8) is 0 Å². The van der Waals surface area contributed by atoms with Gasteiger partial charge in [-0.25, -0.2) is 0 Å². The van der Waals surface area contributed by atoms with E-state index in [2.05, 4.69) is 5.10 Å². The Balaban J connectivity index is 3.19. The van der Waals surface area contributed by atoms with Crippen molar-refractivity contribution in [3.8, 4) is 0 Å². The minimum Gasteiger partial charge on any atom is -0.289 e. The second kappa shape index (κ2) is 3.78. The SMILES string of the molecule is CC(C)=CC(=O)c1c(C)nn(C)c1C. The van der Waals surface area contributed by atoms with Crippen LogP contribution in [0.2, 0.25) is 0 Å². The van der Waals surface area contributed by atoms with Crippen LogP contribution >= 0.6 is 0 Å². The molecule has 0 amide bonds. The molecule has 0 N–H and O–H groups in total. The number of allylic oxidation sites excluding steroid dienone is 2. The highest BCUT2D eigenvalue weighted by atomic mass is 16.1. The van der Waals surface area contributed by atoms with E-state index in [-0.39, 0.29) is 5.78 Å². The van der Waals surface area contributed by atoms with Gasteiger partial charge in [0.05, 0.1) is 11.3 Å². The number of ketones is 1. The summed E-state index contributed by atoms with van der Waals surface area (Å²) in [6.07, 6.45) is 1.65. The zero-order valence-electron chi connectivity index (χ0n) is 9.38. The van der Waals surface area contributed by atoms with E-state index in [1.54, 1.807) is 10.8 Å². The van der Waals surface area contributed by atoms with Gasteiger partial charge in [0.1, 0.15) is 0 Å². The lowest BCUT2D eigenvalue weighted by atomic mass is 10.1. The first-order valence-electron chi connectivity index (χ1n) is 4.63. The smallest absolute Gasteiger partial charge is 0.189 e. The van der Waals surface area contributed by atoms with Crippen LogP contribution in [0.5, 0.6) is 0 Å². The molecule has 1 heterocycles. The van der Waals surface area contributed by atoms with E-state index in [0.29, 0.717) is 0 Å². The molecular formula is C11H16N2O. The van der Waals surface area contributed by atoms with Gasteiger partial charge in [0, 0.05) is 12.7 Å². The average Bonchev–Trinajstić information content (AvgIpc) is 2.25. The van der Waals surface area contributed by atoms with Crippen molar-refractivity contribution in [2.45, 2.75) is 27.7 Å². The molecule has 1 aromatic heterocycles. The Hall–Kier alpha value is -1.38. The molecule has 0 radical (unpaired) electrons. The Morgan fingerprint density at radius 2 is 1.93 bits per heavy atom. The minimum atomic E-state index is 0.0492. The highest BCUT2D eigenvalue weighted by Crippen LogP contribution is 2.13. The Bertz CT molecular complexity index is 396. The van der Waals surface area contributed by atoms with Gasteiger partial charge >= 0.3 is 0 Å². The fourth-order valence-electron chi connectivity index (χ4n) is 1.46. The van der Waals surface area contributed by atoms with Crippen molar-refractivity contribution in [2.75, 3.05) is 0 Å². The molecule has 0 saturated heterocycles. The zero-order chi connectivity index (χ0) is 10.9. The summed E-state index contributed by atoms with van der Waals surface area (Å²) < 4.78 is 1.74. The Morgan fingerprint density at radius 1 is 1.36 bits per heavy atom. The second-order valence-electron chi connectivity index (χ2n) is 3.76. The average molecular weight is 192 g/mol. The van der Waals surface area contributed by atoms with E-state index in [4.69, 9.17) is 0 Å². The summed E-state index contributed by atoms with van der Waals surface area (Å²) in [5.41, 5.74) is 3.46. The van der Waals surface area contributed by atoms with Crippen LogP contribution in [0.15, 0.2) is 11.6 Å². The van der Waals surface area contributed by atoms with Gasteiger partial charge in [-0.05, 0) is 33.8 Å². The number of rotatable bonds is 2. The van der Waals surface area contributed by atoms with Crippen molar-refractivity contribution in [3.05, 3.63) is 28.6 Å². The van der Waals surface area contributed by atoms with E-state index in [9.17, 15) is 4.79 Å². The van der Waals surface area contributed by atoms with E-state index < -0.39 is 0 Å². The molecule has 14 heavy (non-hydrogen) atoms. The second-order valence-corrected chi connectivity index (χ2v) is 3.76. The van der Waals surface area contributed by atoms with Crippen molar-refractivity contribution in [1.82, 2.24) is 9.78 Å². The van der Waals surface area contributed by atoms with Crippen molar-refractivity contribution in [2.24, 2.45) is 7.05 Å². The fourth-order valence-corrected chi connectivity index (χ4v) is 1.46. The number of nitrogens with zero attached hydrogens (tertiary/aromatic N) is 2. The van der Waals surface area contributed by atoms with E-state index in [0.717, 1.165) is 22.5 Å². The van der Waals surface area contributed by atoms with Crippen LogP contribution in [-0.2, 0) is 7.05 Å². The summed E-state index contributed by atoms with van der Waals surface area (Å²) in [5, 5.41) is 4.21. The van der Waals surface area contributed by atoms with E-state index in [1.807, 2.05) is 34.7 Å². The van der Waals surface area contributed by atoms with Crippen LogP contribution in [0.25, 0.3) is 0 Å². The third kappa shape index (κ3) is 1.92. The molecule has 0 aromatic carbocycles. The molecule has 0 spiro atoms. The van der Waals surface area contributed by atoms with Crippen LogP contribution in [0.3, 0.4) is 0 Å². The molecule has 0 aliphatic heterocycles. The molecule has 0 aliphatic rings. The molecule has 0 saturated carbocycles. The maximum atomic E-state index is 11.8. The number of aryl methyl sites for hydroxylation is 2. The molecule has 3 heteroatoms. The first-order chi connectivity index (χ1) is 6.43. The molecule has 0 unspecified atom stereocenters. The zero-order valence-corrected chi connectivity index (χ0v) is 9.38. The van der Waals surface area contributed by atoms with Crippen LogP contribution in [0.4, 0.5) is 0 Å². The normalized spacial score (nSPS) is 10.1. The van der Waals surface area contributed by atoms with Crippen LogP contribution in [0.1, 0.15) is 35.6 Å². The highest BCUT2D eigenvalue weighted by molar-refractivity contribution is 6.06. The monoisotopic (exact) mass is 192 g/mol. The van der Waals surface area contributed by atoms with E-state index in [1.165, 1.54) is 0 Å². The van der Waals surface area contributed by atoms with Gasteiger partial charge in [-0.2, -0.15) is 5.10 Å². The molecule has 0 atom stereocenters. The van der Waals surface area contributed by atoms with Crippen LogP contribution in [0, 0.1) is 13.8 Å². The van der Waals surface area contributed by atoms with Gasteiger partial charge in [0.2, 0.25) is 0 Å². The number of hydrogen-bond donors (Lipinski definition) is 0. The van der Waals surface area contributed by atoms with Gasteiger partial charge < -0.3 is 0 Å². The highest BCUT2D eigenvalue weighted by Gasteiger charge is 2.14. The quantitative estimate of drug-likeness (QED) is 0.531. The molecule has 0 bridgehead atoms. The summed E-state index contributed by atoms with van der Waals surface area (Å²) in [5.74, 6) is 0.0492. The summed E-state index contributed by atoms with van der Waals surface area (Å²) in [7, 11) is 1.85. The molecule has 76 valence electrons. The van der Waals surface area contributed by atoms with E-state index >= 15 is 0 Å². The molecule has 1 rings (SSSR count). The minimum absolute atomic E-state index is 0.0492. The lowest BCUT2D eigenvalue weighted by molar-refractivity contribution is 0.104. The molecule has 3 nitrogen and oxygen atoms in total. The van der Waals surface area contributed by atoms with Crippen molar-refractivity contribution < 1.29 is 4.79 Å². The first kappa shape index (κ1) is 10.7. The third-order valence-electron chi connectivity index (χ3n) is 2.18. The number of carbonyl (C=O) groups excluding carboxylic acids is 1. The molecule has 0 fully saturated rings. The van der Waals surface area contributed by atoms with Crippen LogP contribution < -0.4 is 0 Å². The predicted octanol–water partition coefficient (Wildman–Crippen LogP) is 2.19. The lowest BCUT2D eigenvalue weighted by Gasteiger charge is -1.97. The maximum Gasteiger partial charge on any atom is 0.189 e. The maximum absolute atomic E-state index is 11.8. The summed E-state index contributed by atoms with van der Waals surface area (Å²) in [4.78, 5) is 11.8. The van der Waals surface area contributed by atoms with Gasteiger partial charge in [-0.15, -0.1) is 0 Å². The van der Waals surface area contributed by atoms with Crippen LogP contribution in [-0.4, -0.2) is 15.6 Å². The van der Waals surface area contributed by atoms with Gasteiger partial charge in [0.25, 0.3) is 0 Å². The van der Waals surface area contributed by atoms with Gasteiger partial charge in [-0.3, -0.25) is 9.48 Å². The lowest BCUT2D eigenvalue weighted by Crippen LogP contribution is -2.00. The van der Waals surface area contributed by atoms with Gasteiger partial charge in [0.15, 0.2) is 5.78 Å². The fraction of sp³-hybridized carbons (Fsp3) is 0.455. The summed E-state index contributed by atoms with van der Waals surface area (Å²) in [6.45, 7) is 7.60. The Kier molecular flexibility index (Phi) is 2.89. The molecular weight excluding hydrogens is 176 g/mol. The standard InChI is InChI=1S/C11H16N2O/c1-7(2)6-10(14)11-8(3)12-13(5)9(11)4/h6H,1-5H3. The largest absolute Gasteiger partial charge is 0.289 e. The first-order valence-corrected chi connectivity index (χ1v) is 4.63. The predicted molar refractivity (Wildman–Crippen MR) is 56.4 cm³/mol. The number of aromatic nitrogens is 2. The number of carbonyl (C=O) groups is 1. The summed E-state index contributed by atoms with van der Waals surface area (Å²) in [6, 6.07) is 0. The van der Waals surface area contributed by atoms with Gasteiger partial charge in [-0.1, -0.05) is 5.57 Å². The molecule has 0 aliphatic carbocycles. The molecule has 1 aromatic rings. The Morgan fingerprint density at radius 3 is 2.29 bits per heavy atom. The van der Waals surface area contributed by atoms with Crippen molar-refractivity contribution in [1.29, 1.82) is 0 Å².